The number of nitrogens with one attached hydrogen (secondary N) is 1. The number of rotatable bonds is 6. The first-order chi connectivity index (χ1) is 11.7. The maximum absolute atomic E-state index is 12.0. The van der Waals surface area contributed by atoms with Gasteiger partial charge in [0.25, 0.3) is 0 Å². The third-order valence-electron chi connectivity index (χ3n) is 3.84. The summed E-state index contributed by atoms with van der Waals surface area (Å²) in [5.41, 5.74) is 2.05. The Morgan fingerprint density at radius 1 is 1.08 bits per heavy atom. The minimum Gasteiger partial charge on any atom is -0.497 e. The highest BCUT2D eigenvalue weighted by Gasteiger charge is 2.11. The molecular weight excluding hydrogens is 306 g/mol. The molecule has 1 amide bonds. The van der Waals surface area contributed by atoms with Crippen molar-refractivity contribution in [3.63, 3.8) is 0 Å². The number of ether oxygens (including phenoxy) is 3. The fourth-order valence-corrected chi connectivity index (χ4v) is 2.62. The van der Waals surface area contributed by atoms with Crippen molar-refractivity contribution < 1.29 is 19.0 Å². The van der Waals surface area contributed by atoms with E-state index in [1.54, 1.807) is 7.11 Å². The second kappa shape index (κ2) is 7.73. The summed E-state index contributed by atoms with van der Waals surface area (Å²) in [7, 11) is 1.62. The van der Waals surface area contributed by atoms with E-state index in [4.69, 9.17) is 14.2 Å². The molecule has 126 valence electrons. The third kappa shape index (κ3) is 4.19. The van der Waals surface area contributed by atoms with Crippen molar-refractivity contribution in [2.75, 3.05) is 26.9 Å². The molecule has 0 aliphatic carbocycles. The molecule has 0 saturated heterocycles. The molecule has 0 bridgehead atoms. The van der Waals surface area contributed by atoms with Gasteiger partial charge in [0.05, 0.1) is 13.5 Å². The molecule has 1 aliphatic rings. The van der Waals surface area contributed by atoms with Gasteiger partial charge in [-0.05, 0) is 41.8 Å². The van der Waals surface area contributed by atoms with Crippen LogP contribution in [0.4, 0.5) is 0 Å². The van der Waals surface area contributed by atoms with Crippen LogP contribution < -0.4 is 19.5 Å². The number of carbonyl (C=O) groups is 1. The molecular formula is C19H21NO4. The third-order valence-corrected chi connectivity index (χ3v) is 3.84. The second-order valence-electron chi connectivity index (χ2n) is 5.61. The molecule has 0 aromatic heterocycles. The summed E-state index contributed by atoms with van der Waals surface area (Å²) in [5.74, 6) is 2.32. The minimum absolute atomic E-state index is 0.000737. The SMILES string of the molecule is COc1cccc(CC(=O)NCCc2ccc3c(c2)OCCO3)c1. The highest BCUT2D eigenvalue weighted by Crippen LogP contribution is 2.30. The maximum Gasteiger partial charge on any atom is 0.224 e. The molecule has 1 aliphatic heterocycles. The fourth-order valence-electron chi connectivity index (χ4n) is 2.62. The van der Waals surface area contributed by atoms with Crippen molar-refractivity contribution in [2.24, 2.45) is 0 Å². The standard InChI is InChI=1S/C19H21NO4/c1-22-16-4-2-3-15(11-16)13-19(21)20-8-7-14-5-6-17-18(12-14)24-10-9-23-17/h2-6,11-12H,7-10,13H2,1H3,(H,20,21). The van der Waals surface area contributed by atoms with Crippen LogP contribution in [0.3, 0.4) is 0 Å². The first kappa shape index (κ1) is 16.2. The highest BCUT2D eigenvalue weighted by atomic mass is 16.6. The predicted octanol–water partition coefficient (Wildman–Crippen LogP) is 2.37. The van der Waals surface area contributed by atoms with Crippen molar-refractivity contribution in [1.82, 2.24) is 5.32 Å². The van der Waals surface area contributed by atoms with Gasteiger partial charge < -0.3 is 19.5 Å². The van der Waals surface area contributed by atoms with Crippen LogP contribution in [0.1, 0.15) is 11.1 Å². The van der Waals surface area contributed by atoms with Crippen LogP contribution >= 0.6 is 0 Å². The van der Waals surface area contributed by atoms with Gasteiger partial charge >= 0.3 is 0 Å². The van der Waals surface area contributed by atoms with E-state index in [1.165, 1.54) is 0 Å². The topological polar surface area (TPSA) is 56.8 Å². The quantitative estimate of drug-likeness (QED) is 0.885. The van der Waals surface area contributed by atoms with Gasteiger partial charge in [0.15, 0.2) is 11.5 Å². The van der Waals surface area contributed by atoms with Crippen molar-refractivity contribution in [3.8, 4) is 17.2 Å². The van der Waals surface area contributed by atoms with Gasteiger partial charge in [0.1, 0.15) is 19.0 Å². The molecule has 2 aromatic carbocycles. The van der Waals surface area contributed by atoms with E-state index in [0.29, 0.717) is 26.2 Å². The van der Waals surface area contributed by atoms with Crippen LogP contribution in [0.5, 0.6) is 17.2 Å². The molecule has 24 heavy (non-hydrogen) atoms. The molecule has 3 rings (SSSR count). The van der Waals surface area contributed by atoms with Gasteiger partial charge in [-0.1, -0.05) is 18.2 Å². The molecule has 2 aromatic rings. The monoisotopic (exact) mass is 327 g/mol. The fraction of sp³-hybridized carbons (Fsp3) is 0.316. The number of benzene rings is 2. The number of fused-ring (bicyclic) bond motifs is 1. The summed E-state index contributed by atoms with van der Waals surface area (Å²) < 4.78 is 16.2. The summed E-state index contributed by atoms with van der Waals surface area (Å²) in [6, 6.07) is 13.4. The lowest BCUT2D eigenvalue weighted by atomic mass is 10.1. The molecule has 5 heteroatoms. The molecule has 1 N–H and O–H groups in total. The molecule has 0 atom stereocenters. The van der Waals surface area contributed by atoms with Crippen LogP contribution in [0, 0.1) is 0 Å². The average molecular weight is 327 g/mol. The van der Waals surface area contributed by atoms with Crippen LogP contribution in [0.2, 0.25) is 0 Å². The first-order valence-electron chi connectivity index (χ1n) is 8.03. The van der Waals surface area contributed by atoms with Crippen molar-refractivity contribution in [1.29, 1.82) is 0 Å². The van der Waals surface area contributed by atoms with Crippen molar-refractivity contribution in [2.45, 2.75) is 12.8 Å². The van der Waals surface area contributed by atoms with E-state index in [-0.39, 0.29) is 5.91 Å². The van der Waals surface area contributed by atoms with Crippen molar-refractivity contribution in [3.05, 3.63) is 53.6 Å². The number of methoxy groups -OCH3 is 1. The average Bonchev–Trinajstić information content (AvgIpc) is 2.62. The zero-order chi connectivity index (χ0) is 16.8. The van der Waals surface area contributed by atoms with Gasteiger partial charge in [-0.15, -0.1) is 0 Å². The zero-order valence-electron chi connectivity index (χ0n) is 13.7. The Morgan fingerprint density at radius 3 is 2.75 bits per heavy atom. The second-order valence-corrected chi connectivity index (χ2v) is 5.61. The predicted molar refractivity (Wildman–Crippen MR) is 90.8 cm³/mol. The van der Waals surface area contributed by atoms with E-state index in [1.807, 2.05) is 42.5 Å². The van der Waals surface area contributed by atoms with Crippen LogP contribution in [0.15, 0.2) is 42.5 Å². The summed E-state index contributed by atoms with van der Waals surface area (Å²) in [4.78, 5) is 12.0. The molecule has 0 fully saturated rings. The van der Waals surface area contributed by atoms with Gasteiger partial charge in [0, 0.05) is 6.54 Å². The number of hydrogen-bond acceptors (Lipinski definition) is 4. The number of hydrogen-bond donors (Lipinski definition) is 1. The zero-order valence-corrected chi connectivity index (χ0v) is 13.7. The van der Waals surface area contributed by atoms with E-state index < -0.39 is 0 Å². The Hall–Kier alpha value is -2.69. The highest BCUT2D eigenvalue weighted by molar-refractivity contribution is 5.78. The van der Waals surface area contributed by atoms with Gasteiger partial charge in [-0.25, -0.2) is 0 Å². The van der Waals surface area contributed by atoms with Crippen molar-refractivity contribution >= 4 is 5.91 Å². The molecule has 5 nitrogen and oxygen atoms in total. The molecule has 0 unspecified atom stereocenters. The summed E-state index contributed by atoms with van der Waals surface area (Å²) in [5, 5.41) is 2.95. The number of carbonyl (C=O) groups excluding carboxylic acids is 1. The number of amides is 1. The van der Waals surface area contributed by atoms with Crippen LogP contribution in [0.25, 0.3) is 0 Å². The largest absolute Gasteiger partial charge is 0.497 e. The Bertz CT molecular complexity index is 714. The lowest BCUT2D eigenvalue weighted by molar-refractivity contribution is -0.120. The molecule has 1 heterocycles. The van der Waals surface area contributed by atoms with Crippen LogP contribution in [-0.2, 0) is 17.6 Å². The lowest BCUT2D eigenvalue weighted by Crippen LogP contribution is -2.27. The summed E-state index contributed by atoms with van der Waals surface area (Å²) in [6.07, 6.45) is 1.10. The lowest BCUT2D eigenvalue weighted by Gasteiger charge is -2.18. The van der Waals surface area contributed by atoms with E-state index in [0.717, 1.165) is 34.8 Å². The molecule has 0 spiro atoms. The van der Waals surface area contributed by atoms with Gasteiger partial charge in [0.2, 0.25) is 5.91 Å². The van der Waals surface area contributed by atoms with E-state index in [2.05, 4.69) is 5.32 Å². The van der Waals surface area contributed by atoms with Gasteiger partial charge in [-0.2, -0.15) is 0 Å². The molecule has 0 saturated carbocycles. The van der Waals surface area contributed by atoms with E-state index >= 15 is 0 Å². The smallest absolute Gasteiger partial charge is 0.224 e. The Morgan fingerprint density at radius 2 is 1.92 bits per heavy atom. The van der Waals surface area contributed by atoms with E-state index in [9.17, 15) is 4.79 Å². The Kier molecular flexibility index (Phi) is 5.21. The summed E-state index contributed by atoms with van der Waals surface area (Å²) >= 11 is 0. The minimum atomic E-state index is 0.000737. The normalized spacial score (nSPS) is 12.5. The van der Waals surface area contributed by atoms with Crippen LogP contribution in [-0.4, -0.2) is 32.8 Å². The first-order valence-corrected chi connectivity index (χ1v) is 8.03. The van der Waals surface area contributed by atoms with Gasteiger partial charge in [-0.3, -0.25) is 4.79 Å². The summed E-state index contributed by atoms with van der Waals surface area (Å²) in [6.45, 7) is 1.75. The Labute approximate surface area is 141 Å². The maximum atomic E-state index is 12.0. The Balaban J connectivity index is 1.48. The molecule has 0 radical (unpaired) electrons.